The van der Waals surface area contributed by atoms with E-state index < -0.39 is 0 Å². The van der Waals surface area contributed by atoms with E-state index >= 15 is 0 Å². The molecule has 0 spiro atoms. The number of benzene rings is 2. The van der Waals surface area contributed by atoms with E-state index in [4.69, 9.17) is 30.4 Å². The van der Waals surface area contributed by atoms with Gasteiger partial charge in [0, 0.05) is 16.1 Å². The Morgan fingerprint density at radius 1 is 1.19 bits per heavy atom. The zero-order valence-corrected chi connectivity index (χ0v) is 15.6. The number of rotatable bonds is 8. The molecule has 0 saturated heterocycles. The molecule has 140 valence electrons. The summed E-state index contributed by atoms with van der Waals surface area (Å²) in [5.74, 6) is 2.06. The third-order valence-electron chi connectivity index (χ3n) is 3.50. The summed E-state index contributed by atoms with van der Waals surface area (Å²) in [6.45, 7) is 2.53. The fraction of sp³-hybridized carbons (Fsp3) is 0.211. The van der Waals surface area contributed by atoms with Crippen LogP contribution in [-0.4, -0.2) is 30.1 Å². The number of halogens is 1. The molecule has 0 atom stereocenters. The zero-order chi connectivity index (χ0) is 19.1. The number of nitrogens with zero attached hydrogens (tertiary/aromatic N) is 3. The van der Waals surface area contributed by atoms with E-state index in [1.54, 1.807) is 25.5 Å². The Labute approximate surface area is 161 Å². The summed E-state index contributed by atoms with van der Waals surface area (Å²) in [6.07, 6.45) is 1.56. The molecule has 7 nitrogen and oxygen atoms in total. The predicted octanol–water partition coefficient (Wildman–Crippen LogP) is 4.35. The lowest BCUT2D eigenvalue weighted by Crippen LogP contribution is -1.96. The van der Waals surface area contributed by atoms with Crippen molar-refractivity contribution in [2.75, 3.05) is 13.7 Å². The highest BCUT2D eigenvalue weighted by Gasteiger charge is 2.09. The van der Waals surface area contributed by atoms with Gasteiger partial charge >= 0.3 is 0 Å². The summed E-state index contributed by atoms with van der Waals surface area (Å²) in [5.41, 5.74) is 1.57. The molecule has 0 aliphatic rings. The Morgan fingerprint density at radius 2 is 2.07 bits per heavy atom. The van der Waals surface area contributed by atoms with Gasteiger partial charge in [0.2, 0.25) is 5.82 Å². The van der Waals surface area contributed by atoms with E-state index in [9.17, 15) is 0 Å². The Balaban J connectivity index is 1.58. The van der Waals surface area contributed by atoms with Crippen LogP contribution in [0.2, 0.25) is 5.02 Å². The Bertz CT molecular complexity index is 927. The molecule has 2 aromatic carbocycles. The summed E-state index contributed by atoms with van der Waals surface area (Å²) in [6, 6.07) is 12.7. The van der Waals surface area contributed by atoms with Crippen LogP contribution in [0, 0.1) is 0 Å². The van der Waals surface area contributed by atoms with Gasteiger partial charge in [-0.05, 0) is 37.3 Å². The van der Waals surface area contributed by atoms with Crippen molar-refractivity contribution < 1.29 is 18.8 Å². The van der Waals surface area contributed by atoms with Gasteiger partial charge in [-0.15, -0.1) is 0 Å². The second kappa shape index (κ2) is 9.05. The molecule has 0 amide bonds. The van der Waals surface area contributed by atoms with Gasteiger partial charge in [0.15, 0.2) is 18.1 Å². The summed E-state index contributed by atoms with van der Waals surface area (Å²) in [5, 5.41) is 8.42. The fourth-order valence-electron chi connectivity index (χ4n) is 2.29. The van der Waals surface area contributed by atoms with Crippen molar-refractivity contribution in [2.24, 2.45) is 5.16 Å². The third kappa shape index (κ3) is 4.98. The maximum absolute atomic E-state index is 5.96. The zero-order valence-electron chi connectivity index (χ0n) is 14.9. The second-order valence-corrected chi connectivity index (χ2v) is 5.81. The van der Waals surface area contributed by atoms with Crippen LogP contribution < -0.4 is 9.47 Å². The lowest BCUT2D eigenvalue weighted by molar-refractivity contribution is 0.107. The van der Waals surface area contributed by atoms with Gasteiger partial charge < -0.3 is 18.8 Å². The first-order valence-corrected chi connectivity index (χ1v) is 8.62. The van der Waals surface area contributed by atoms with Crippen molar-refractivity contribution in [1.82, 2.24) is 10.1 Å². The minimum absolute atomic E-state index is 0.0538. The highest BCUT2D eigenvalue weighted by molar-refractivity contribution is 6.30. The van der Waals surface area contributed by atoms with Crippen molar-refractivity contribution in [3.05, 3.63) is 58.9 Å². The number of ether oxygens (including phenoxy) is 2. The van der Waals surface area contributed by atoms with Crippen molar-refractivity contribution >= 4 is 17.8 Å². The van der Waals surface area contributed by atoms with Crippen molar-refractivity contribution in [1.29, 1.82) is 0 Å². The summed E-state index contributed by atoms with van der Waals surface area (Å²) in [7, 11) is 1.59. The van der Waals surface area contributed by atoms with E-state index in [2.05, 4.69) is 15.3 Å². The highest BCUT2D eigenvalue weighted by atomic mass is 35.5. The molecule has 3 aromatic rings. The molecule has 0 aliphatic heterocycles. The van der Waals surface area contributed by atoms with Crippen LogP contribution in [0.4, 0.5) is 0 Å². The van der Waals surface area contributed by atoms with E-state index in [0.29, 0.717) is 34.8 Å². The quantitative estimate of drug-likeness (QED) is 0.422. The molecular weight excluding hydrogens is 370 g/mol. The van der Waals surface area contributed by atoms with E-state index in [1.807, 2.05) is 37.3 Å². The SMILES string of the molecule is CCOc1ccc(/C=N\OCc2nc(-c3cccc(Cl)c3)no2)cc1OC. The smallest absolute Gasteiger partial charge is 0.267 e. The van der Waals surface area contributed by atoms with Crippen LogP contribution in [-0.2, 0) is 11.4 Å². The monoisotopic (exact) mass is 387 g/mol. The average molecular weight is 388 g/mol. The van der Waals surface area contributed by atoms with Gasteiger partial charge in [0.1, 0.15) is 0 Å². The van der Waals surface area contributed by atoms with Gasteiger partial charge in [-0.25, -0.2) is 0 Å². The molecule has 1 aromatic heterocycles. The molecule has 0 N–H and O–H groups in total. The third-order valence-corrected chi connectivity index (χ3v) is 3.74. The first-order chi connectivity index (χ1) is 13.2. The topological polar surface area (TPSA) is 79.0 Å². The van der Waals surface area contributed by atoms with E-state index in [0.717, 1.165) is 11.1 Å². The molecule has 27 heavy (non-hydrogen) atoms. The number of aromatic nitrogens is 2. The first-order valence-electron chi connectivity index (χ1n) is 8.24. The van der Waals surface area contributed by atoms with Crippen LogP contribution in [0.3, 0.4) is 0 Å². The van der Waals surface area contributed by atoms with Gasteiger partial charge in [0.25, 0.3) is 5.89 Å². The van der Waals surface area contributed by atoms with Crippen LogP contribution in [0.5, 0.6) is 11.5 Å². The first kappa shape index (κ1) is 18.7. The standard InChI is InChI=1S/C19H18ClN3O4/c1-3-25-16-8-7-13(9-17(16)24-2)11-21-26-12-18-22-19(23-27-18)14-5-4-6-15(20)10-14/h4-11H,3,12H2,1-2H3/b21-11-. The maximum Gasteiger partial charge on any atom is 0.267 e. The van der Waals surface area contributed by atoms with Crippen LogP contribution >= 0.6 is 11.6 Å². The molecule has 0 unspecified atom stereocenters. The highest BCUT2D eigenvalue weighted by Crippen LogP contribution is 2.27. The lowest BCUT2D eigenvalue weighted by Gasteiger charge is -2.09. The Hall–Kier alpha value is -3.06. The van der Waals surface area contributed by atoms with Gasteiger partial charge in [-0.2, -0.15) is 4.98 Å². The molecule has 8 heteroatoms. The van der Waals surface area contributed by atoms with Gasteiger partial charge in [-0.1, -0.05) is 34.0 Å². The lowest BCUT2D eigenvalue weighted by atomic mass is 10.2. The molecule has 0 saturated carbocycles. The number of hydrogen-bond acceptors (Lipinski definition) is 7. The van der Waals surface area contributed by atoms with E-state index in [1.165, 1.54) is 0 Å². The maximum atomic E-state index is 5.96. The van der Waals surface area contributed by atoms with E-state index in [-0.39, 0.29) is 6.61 Å². The van der Waals surface area contributed by atoms with Crippen molar-refractivity contribution in [2.45, 2.75) is 13.5 Å². The summed E-state index contributed by atoms with van der Waals surface area (Å²) < 4.78 is 15.9. The molecule has 0 radical (unpaired) electrons. The van der Waals surface area contributed by atoms with Gasteiger partial charge in [-0.3, -0.25) is 0 Å². The summed E-state index contributed by atoms with van der Waals surface area (Å²) in [4.78, 5) is 9.48. The molecule has 1 heterocycles. The normalized spacial score (nSPS) is 10.9. The average Bonchev–Trinajstić information content (AvgIpc) is 3.15. The van der Waals surface area contributed by atoms with Crippen molar-refractivity contribution in [3.63, 3.8) is 0 Å². The van der Waals surface area contributed by atoms with Gasteiger partial charge in [0.05, 0.1) is 19.9 Å². The summed E-state index contributed by atoms with van der Waals surface area (Å²) >= 11 is 5.96. The molecule has 3 rings (SSSR count). The molecule has 0 aliphatic carbocycles. The van der Waals surface area contributed by atoms with Crippen LogP contribution in [0.1, 0.15) is 18.4 Å². The Morgan fingerprint density at radius 3 is 2.85 bits per heavy atom. The number of oxime groups is 1. The second-order valence-electron chi connectivity index (χ2n) is 5.37. The Kier molecular flexibility index (Phi) is 6.27. The number of hydrogen-bond donors (Lipinski definition) is 0. The largest absolute Gasteiger partial charge is 0.493 e. The van der Waals surface area contributed by atoms with Crippen LogP contribution in [0.25, 0.3) is 11.4 Å². The fourth-order valence-corrected chi connectivity index (χ4v) is 2.48. The minimum Gasteiger partial charge on any atom is -0.493 e. The van der Waals surface area contributed by atoms with Crippen molar-refractivity contribution in [3.8, 4) is 22.9 Å². The molecular formula is C19H18ClN3O4. The minimum atomic E-state index is 0.0538. The predicted molar refractivity (Wildman–Crippen MR) is 101 cm³/mol. The molecule has 0 fully saturated rings. The molecule has 0 bridgehead atoms. The van der Waals surface area contributed by atoms with Crippen LogP contribution in [0.15, 0.2) is 52.1 Å². The number of methoxy groups -OCH3 is 1.